The summed E-state index contributed by atoms with van der Waals surface area (Å²) in [7, 11) is 1.54. The normalized spacial score (nSPS) is 10.6. The van der Waals surface area contributed by atoms with Gasteiger partial charge in [0.1, 0.15) is 11.4 Å². The molecule has 0 saturated heterocycles. The first-order valence-corrected chi connectivity index (χ1v) is 9.40. The smallest absolute Gasteiger partial charge is 0.293 e. The van der Waals surface area contributed by atoms with Gasteiger partial charge < -0.3 is 14.6 Å². The first-order valence-electron chi connectivity index (χ1n) is 9.40. The SMILES string of the molecule is CCc1ccc(-c2cc(NC(=O)c3ccc(NCCOC)c([N+](=O)[O-])c3)on2)cc1. The van der Waals surface area contributed by atoms with Crippen LogP contribution in [0.15, 0.2) is 53.1 Å². The van der Waals surface area contributed by atoms with E-state index in [0.29, 0.717) is 24.5 Å². The minimum Gasteiger partial charge on any atom is -0.383 e. The number of benzene rings is 2. The number of aryl methyl sites for hydroxylation is 1. The molecule has 1 aromatic heterocycles. The number of nitro groups is 1. The van der Waals surface area contributed by atoms with Gasteiger partial charge >= 0.3 is 0 Å². The summed E-state index contributed by atoms with van der Waals surface area (Å²) < 4.78 is 10.1. The van der Waals surface area contributed by atoms with Gasteiger partial charge in [0.05, 0.1) is 11.5 Å². The fraction of sp³-hybridized carbons (Fsp3) is 0.238. The van der Waals surface area contributed by atoms with E-state index in [-0.39, 0.29) is 17.1 Å². The van der Waals surface area contributed by atoms with Gasteiger partial charge in [0, 0.05) is 36.9 Å². The lowest BCUT2D eigenvalue weighted by Crippen LogP contribution is -2.13. The number of aromatic nitrogens is 1. The van der Waals surface area contributed by atoms with Gasteiger partial charge in [-0.15, -0.1) is 0 Å². The molecule has 3 rings (SSSR count). The lowest BCUT2D eigenvalue weighted by molar-refractivity contribution is -0.384. The van der Waals surface area contributed by atoms with E-state index in [2.05, 4.69) is 22.7 Å². The van der Waals surface area contributed by atoms with Crippen LogP contribution in [0.4, 0.5) is 17.3 Å². The molecule has 1 heterocycles. The fourth-order valence-electron chi connectivity index (χ4n) is 2.83. The molecule has 30 heavy (non-hydrogen) atoms. The van der Waals surface area contributed by atoms with Crippen LogP contribution >= 0.6 is 0 Å². The van der Waals surface area contributed by atoms with E-state index in [1.807, 2.05) is 24.3 Å². The highest BCUT2D eigenvalue weighted by molar-refractivity contribution is 6.04. The Balaban J connectivity index is 1.73. The third-order valence-corrected chi connectivity index (χ3v) is 4.48. The first kappa shape index (κ1) is 21.0. The molecule has 2 aromatic carbocycles. The van der Waals surface area contributed by atoms with Crippen molar-refractivity contribution in [2.45, 2.75) is 13.3 Å². The Morgan fingerprint density at radius 3 is 2.63 bits per heavy atom. The zero-order valence-corrected chi connectivity index (χ0v) is 16.7. The number of rotatable bonds is 9. The van der Waals surface area contributed by atoms with Crippen LogP contribution in [-0.2, 0) is 11.2 Å². The Morgan fingerprint density at radius 2 is 1.97 bits per heavy atom. The van der Waals surface area contributed by atoms with Crippen LogP contribution in [0.25, 0.3) is 11.3 Å². The van der Waals surface area contributed by atoms with Gasteiger partial charge in [0.25, 0.3) is 11.6 Å². The molecule has 0 bridgehead atoms. The van der Waals surface area contributed by atoms with Crippen LogP contribution in [0.1, 0.15) is 22.8 Å². The quantitative estimate of drug-likeness (QED) is 0.309. The van der Waals surface area contributed by atoms with Gasteiger partial charge in [0.15, 0.2) is 0 Å². The van der Waals surface area contributed by atoms with E-state index in [1.165, 1.54) is 23.8 Å². The van der Waals surface area contributed by atoms with Crippen molar-refractivity contribution < 1.29 is 19.0 Å². The number of carbonyl (C=O) groups is 1. The minimum absolute atomic E-state index is 0.129. The predicted molar refractivity (Wildman–Crippen MR) is 113 cm³/mol. The fourth-order valence-corrected chi connectivity index (χ4v) is 2.83. The van der Waals surface area contributed by atoms with Crippen molar-refractivity contribution in [2.75, 3.05) is 30.9 Å². The molecule has 1 amide bonds. The van der Waals surface area contributed by atoms with E-state index in [4.69, 9.17) is 9.26 Å². The Kier molecular flexibility index (Phi) is 6.76. The topological polar surface area (TPSA) is 120 Å². The number of ether oxygens (including phenoxy) is 1. The third-order valence-electron chi connectivity index (χ3n) is 4.48. The zero-order chi connectivity index (χ0) is 21.5. The third kappa shape index (κ3) is 5.00. The van der Waals surface area contributed by atoms with Gasteiger partial charge in [-0.25, -0.2) is 0 Å². The van der Waals surface area contributed by atoms with Gasteiger partial charge in [-0.2, -0.15) is 0 Å². The average molecular weight is 410 g/mol. The van der Waals surface area contributed by atoms with Crippen molar-refractivity contribution in [2.24, 2.45) is 0 Å². The summed E-state index contributed by atoms with van der Waals surface area (Å²) in [6, 6.07) is 13.7. The van der Waals surface area contributed by atoms with Gasteiger partial charge in [-0.05, 0) is 24.1 Å². The van der Waals surface area contributed by atoms with Crippen molar-refractivity contribution in [3.8, 4) is 11.3 Å². The van der Waals surface area contributed by atoms with Crippen molar-refractivity contribution in [1.82, 2.24) is 5.16 Å². The predicted octanol–water partition coefficient (Wildman–Crippen LogP) is 4.12. The van der Waals surface area contributed by atoms with Gasteiger partial charge in [-0.3, -0.25) is 20.2 Å². The second kappa shape index (κ2) is 9.66. The summed E-state index contributed by atoms with van der Waals surface area (Å²) in [5.41, 5.74) is 2.89. The van der Waals surface area contributed by atoms with Gasteiger partial charge in [0.2, 0.25) is 5.88 Å². The molecule has 0 unspecified atom stereocenters. The molecule has 0 fully saturated rings. The molecular weight excluding hydrogens is 388 g/mol. The van der Waals surface area contributed by atoms with Crippen LogP contribution < -0.4 is 10.6 Å². The molecule has 0 atom stereocenters. The highest BCUT2D eigenvalue weighted by atomic mass is 16.6. The summed E-state index contributed by atoms with van der Waals surface area (Å²) >= 11 is 0. The maximum atomic E-state index is 12.5. The summed E-state index contributed by atoms with van der Waals surface area (Å²) in [6.45, 7) is 2.88. The highest BCUT2D eigenvalue weighted by Crippen LogP contribution is 2.27. The molecule has 9 nitrogen and oxygen atoms in total. The van der Waals surface area contributed by atoms with Crippen LogP contribution in [0.2, 0.25) is 0 Å². The standard InChI is InChI=1S/C21H22N4O5/c1-3-14-4-6-15(7-5-14)18-13-20(30-24-18)23-21(26)16-8-9-17(22-10-11-29-2)19(12-16)25(27)28/h4-9,12-13,22H,3,10-11H2,1-2H3,(H,23,26). The average Bonchev–Trinajstić information content (AvgIpc) is 3.22. The van der Waals surface area contributed by atoms with Crippen molar-refractivity contribution in [3.05, 3.63) is 69.8 Å². The number of nitrogens with zero attached hydrogens (tertiary/aromatic N) is 2. The van der Waals surface area contributed by atoms with E-state index in [9.17, 15) is 14.9 Å². The van der Waals surface area contributed by atoms with Crippen molar-refractivity contribution >= 4 is 23.2 Å². The minimum atomic E-state index is -0.543. The lowest BCUT2D eigenvalue weighted by atomic mass is 10.1. The molecule has 2 N–H and O–H groups in total. The lowest BCUT2D eigenvalue weighted by Gasteiger charge is -2.08. The molecule has 0 saturated carbocycles. The number of hydrogen-bond donors (Lipinski definition) is 2. The monoisotopic (exact) mass is 410 g/mol. The largest absolute Gasteiger partial charge is 0.383 e. The Bertz CT molecular complexity index is 1030. The number of carbonyl (C=O) groups excluding carboxylic acids is 1. The molecule has 0 spiro atoms. The van der Waals surface area contributed by atoms with Crippen molar-refractivity contribution in [1.29, 1.82) is 0 Å². The summed E-state index contributed by atoms with van der Waals surface area (Å²) in [5, 5.41) is 20.8. The van der Waals surface area contributed by atoms with Crippen LogP contribution in [0.3, 0.4) is 0 Å². The van der Waals surface area contributed by atoms with Crippen LogP contribution in [0.5, 0.6) is 0 Å². The first-order chi connectivity index (χ1) is 14.5. The van der Waals surface area contributed by atoms with Crippen molar-refractivity contribution in [3.63, 3.8) is 0 Å². The zero-order valence-electron chi connectivity index (χ0n) is 16.7. The van der Waals surface area contributed by atoms with Crippen LogP contribution in [-0.4, -0.2) is 36.2 Å². The van der Waals surface area contributed by atoms with E-state index in [0.717, 1.165) is 12.0 Å². The maximum absolute atomic E-state index is 12.5. The maximum Gasteiger partial charge on any atom is 0.293 e. The molecule has 0 aliphatic carbocycles. The summed E-state index contributed by atoms with van der Waals surface area (Å²) in [6.07, 6.45) is 0.938. The Hall–Kier alpha value is -3.72. The summed E-state index contributed by atoms with van der Waals surface area (Å²) in [4.78, 5) is 23.4. The number of amides is 1. The molecule has 156 valence electrons. The van der Waals surface area contributed by atoms with Gasteiger partial charge in [-0.1, -0.05) is 36.3 Å². The molecule has 0 aliphatic heterocycles. The molecule has 9 heteroatoms. The molecule has 0 radical (unpaired) electrons. The number of methoxy groups -OCH3 is 1. The number of nitrogens with one attached hydrogen (secondary N) is 2. The van der Waals surface area contributed by atoms with Crippen LogP contribution in [0, 0.1) is 10.1 Å². The Morgan fingerprint density at radius 1 is 1.20 bits per heavy atom. The summed E-state index contributed by atoms with van der Waals surface area (Å²) in [5.74, 6) is -0.384. The number of hydrogen-bond acceptors (Lipinski definition) is 7. The van der Waals surface area contributed by atoms with E-state index >= 15 is 0 Å². The number of anilines is 2. The number of nitro benzene ring substituents is 1. The highest BCUT2D eigenvalue weighted by Gasteiger charge is 2.18. The second-order valence-electron chi connectivity index (χ2n) is 6.49. The Labute approximate surface area is 173 Å². The van der Waals surface area contributed by atoms with E-state index < -0.39 is 10.8 Å². The van der Waals surface area contributed by atoms with E-state index in [1.54, 1.807) is 13.2 Å². The molecule has 0 aliphatic rings. The molecule has 3 aromatic rings. The second-order valence-corrected chi connectivity index (χ2v) is 6.49. The molecular formula is C21H22N4O5.